The Morgan fingerprint density at radius 1 is 1.57 bits per heavy atom. The Kier molecular flexibility index (Phi) is 3.07. The second-order valence-electron chi connectivity index (χ2n) is 3.49. The van der Waals surface area contributed by atoms with E-state index in [4.69, 9.17) is 10.6 Å². The van der Waals surface area contributed by atoms with Gasteiger partial charge in [-0.2, -0.15) is 15.4 Å². The molecule has 1 unspecified atom stereocenters. The van der Waals surface area contributed by atoms with Gasteiger partial charge in [0.25, 0.3) is 0 Å². The van der Waals surface area contributed by atoms with Crippen molar-refractivity contribution >= 4 is 0 Å². The summed E-state index contributed by atoms with van der Waals surface area (Å²) in [6.07, 6.45) is 3.74. The van der Waals surface area contributed by atoms with Crippen molar-refractivity contribution in [1.29, 1.82) is 0 Å². The summed E-state index contributed by atoms with van der Waals surface area (Å²) < 4.78 is 5.30. The molecule has 4 N–H and O–H groups in total. The summed E-state index contributed by atoms with van der Waals surface area (Å²) in [6, 6.07) is 0.0812. The molecule has 1 fully saturated rings. The summed E-state index contributed by atoms with van der Waals surface area (Å²) in [7, 11) is 0. The van der Waals surface area contributed by atoms with Gasteiger partial charge in [0.15, 0.2) is 0 Å². The third-order valence-electron chi connectivity index (χ3n) is 2.67. The maximum absolute atomic E-state index is 5.52. The van der Waals surface area contributed by atoms with Gasteiger partial charge >= 0.3 is 0 Å². The minimum Gasteiger partial charge on any atom is -0.381 e. The molecule has 0 aliphatic carbocycles. The lowest BCUT2D eigenvalue weighted by atomic mass is 9.90. The van der Waals surface area contributed by atoms with Gasteiger partial charge in [0.2, 0.25) is 0 Å². The van der Waals surface area contributed by atoms with Crippen LogP contribution >= 0.6 is 0 Å². The van der Waals surface area contributed by atoms with Crippen LogP contribution in [0.15, 0.2) is 6.20 Å². The average Bonchev–Trinajstić information content (AvgIpc) is 2.74. The van der Waals surface area contributed by atoms with Gasteiger partial charge in [-0.25, -0.2) is 0 Å². The monoisotopic (exact) mass is 197 g/mol. The number of nitrogens with two attached hydrogens (primary N) is 1. The standard InChI is InChI=1S/C8H15N5O/c9-11-8(7-5-10-13-12-7)6-1-3-14-4-2-6/h5-6,8,11H,1-4,9H2,(H,10,12,13). The van der Waals surface area contributed by atoms with Crippen LogP contribution in [0.25, 0.3) is 0 Å². The van der Waals surface area contributed by atoms with Crippen LogP contribution in [-0.2, 0) is 4.74 Å². The minimum absolute atomic E-state index is 0.0812. The highest BCUT2D eigenvalue weighted by atomic mass is 16.5. The fourth-order valence-corrected chi connectivity index (χ4v) is 1.87. The van der Waals surface area contributed by atoms with Crippen molar-refractivity contribution in [2.75, 3.05) is 13.2 Å². The average molecular weight is 197 g/mol. The highest BCUT2D eigenvalue weighted by Gasteiger charge is 2.26. The normalized spacial score (nSPS) is 20.9. The molecule has 0 spiro atoms. The van der Waals surface area contributed by atoms with E-state index >= 15 is 0 Å². The van der Waals surface area contributed by atoms with Crippen molar-refractivity contribution in [1.82, 2.24) is 20.8 Å². The van der Waals surface area contributed by atoms with E-state index in [9.17, 15) is 0 Å². The van der Waals surface area contributed by atoms with Gasteiger partial charge in [0.1, 0.15) is 5.69 Å². The first-order valence-electron chi connectivity index (χ1n) is 4.81. The maximum Gasteiger partial charge on any atom is 0.101 e. The van der Waals surface area contributed by atoms with Crippen LogP contribution in [0, 0.1) is 5.92 Å². The van der Waals surface area contributed by atoms with E-state index in [1.165, 1.54) is 0 Å². The van der Waals surface area contributed by atoms with E-state index in [-0.39, 0.29) is 6.04 Å². The fourth-order valence-electron chi connectivity index (χ4n) is 1.87. The fraction of sp³-hybridized carbons (Fsp3) is 0.750. The largest absolute Gasteiger partial charge is 0.381 e. The smallest absolute Gasteiger partial charge is 0.101 e. The molecule has 14 heavy (non-hydrogen) atoms. The van der Waals surface area contributed by atoms with Gasteiger partial charge in [-0.3, -0.25) is 11.3 Å². The van der Waals surface area contributed by atoms with Gasteiger partial charge < -0.3 is 4.74 Å². The highest BCUT2D eigenvalue weighted by molar-refractivity contribution is 5.01. The Bertz CT molecular complexity index is 257. The molecule has 1 atom stereocenters. The molecule has 1 aliphatic heterocycles. The summed E-state index contributed by atoms with van der Waals surface area (Å²) in [6.45, 7) is 1.61. The summed E-state index contributed by atoms with van der Waals surface area (Å²) in [5.41, 5.74) is 3.67. The molecule has 0 aromatic carbocycles. The predicted octanol–water partition coefficient (Wildman–Crippen LogP) is -0.264. The number of ether oxygens (including phenoxy) is 1. The van der Waals surface area contributed by atoms with E-state index in [1.54, 1.807) is 6.20 Å². The number of hydrogen-bond donors (Lipinski definition) is 3. The molecular weight excluding hydrogens is 182 g/mol. The van der Waals surface area contributed by atoms with Crippen molar-refractivity contribution in [3.63, 3.8) is 0 Å². The Morgan fingerprint density at radius 3 is 2.93 bits per heavy atom. The van der Waals surface area contributed by atoms with Crippen molar-refractivity contribution in [3.8, 4) is 0 Å². The Balaban J connectivity index is 2.04. The molecule has 0 saturated carbocycles. The van der Waals surface area contributed by atoms with Crippen molar-refractivity contribution in [3.05, 3.63) is 11.9 Å². The van der Waals surface area contributed by atoms with Gasteiger partial charge in [0.05, 0.1) is 12.2 Å². The SMILES string of the molecule is NNC(c1cn[nH]n1)C1CCOCC1. The summed E-state index contributed by atoms with van der Waals surface area (Å²) >= 11 is 0. The topological polar surface area (TPSA) is 88.8 Å². The number of rotatable bonds is 3. The number of hydrogen-bond acceptors (Lipinski definition) is 5. The molecule has 78 valence electrons. The molecule has 0 amide bonds. The van der Waals surface area contributed by atoms with Gasteiger partial charge in [-0.1, -0.05) is 0 Å². The van der Waals surface area contributed by atoms with Gasteiger partial charge in [0, 0.05) is 13.2 Å². The van der Waals surface area contributed by atoms with Crippen LogP contribution in [-0.4, -0.2) is 28.6 Å². The number of aromatic amines is 1. The van der Waals surface area contributed by atoms with Crippen LogP contribution in [0.4, 0.5) is 0 Å². The quantitative estimate of drug-likeness (QED) is 0.458. The van der Waals surface area contributed by atoms with Crippen LogP contribution in [0.1, 0.15) is 24.6 Å². The van der Waals surface area contributed by atoms with Crippen LogP contribution < -0.4 is 11.3 Å². The highest BCUT2D eigenvalue weighted by Crippen LogP contribution is 2.27. The number of nitrogens with zero attached hydrogens (tertiary/aromatic N) is 2. The van der Waals surface area contributed by atoms with Crippen molar-refractivity contribution < 1.29 is 4.74 Å². The first-order valence-corrected chi connectivity index (χ1v) is 4.81. The number of H-pyrrole nitrogens is 1. The summed E-state index contributed by atoms with van der Waals surface area (Å²) in [5, 5.41) is 10.4. The molecule has 1 aromatic rings. The van der Waals surface area contributed by atoms with Crippen LogP contribution in [0.5, 0.6) is 0 Å². The van der Waals surface area contributed by atoms with Crippen LogP contribution in [0.3, 0.4) is 0 Å². The molecule has 1 saturated heterocycles. The second-order valence-corrected chi connectivity index (χ2v) is 3.49. The van der Waals surface area contributed by atoms with E-state index in [1.807, 2.05) is 0 Å². The first-order chi connectivity index (χ1) is 6.92. The van der Waals surface area contributed by atoms with Crippen molar-refractivity contribution in [2.45, 2.75) is 18.9 Å². The minimum atomic E-state index is 0.0812. The van der Waals surface area contributed by atoms with E-state index in [2.05, 4.69) is 20.8 Å². The van der Waals surface area contributed by atoms with E-state index in [0.717, 1.165) is 31.7 Å². The number of aromatic nitrogens is 3. The third kappa shape index (κ3) is 1.92. The van der Waals surface area contributed by atoms with Gasteiger partial charge in [-0.15, -0.1) is 0 Å². The number of nitrogens with one attached hydrogen (secondary N) is 2. The molecule has 1 aromatic heterocycles. The number of hydrazine groups is 1. The lowest BCUT2D eigenvalue weighted by Gasteiger charge is -2.28. The summed E-state index contributed by atoms with van der Waals surface area (Å²) in [5.74, 6) is 6.01. The Labute approximate surface area is 82.2 Å². The zero-order valence-electron chi connectivity index (χ0n) is 7.94. The van der Waals surface area contributed by atoms with Gasteiger partial charge in [-0.05, 0) is 18.8 Å². The maximum atomic E-state index is 5.52. The van der Waals surface area contributed by atoms with E-state index in [0.29, 0.717) is 5.92 Å². The third-order valence-corrected chi connectivity index (χ3v) is 2.67. The zero-order chi connectivity index (χ0) is 9.80. The van der Waals surface area contributed by atoms with Crippen LogP contribution in [0.2, 0.25) is 0 Å². The molecule has 6 heteroatoms. The second kappa shape index (κ2) is 4.50. The molecule has 1 aliphatic rings. The summed E-state index contributed by atoms with van der Waals surface area (Å²) in [4.78, 5) is 0. The zero-order valence-corrected chi connectivity index (χ0v) is 7.94. The molecule has 2 rings (SSSR count). The Hall–Kier alpha value is -0.980. The Morgan fingerprint density at radius 2 is 2.36 bits per heavy atom. The molecule has 0 bridgehead atoms. The molecule has 0 radical (unpaired) electrons. The molecular formula is C8H15N5O. The van der Waals surface area contributed by atoms with Crippen molar-refractivity contribution in [2.24, 2.45) is 11.8 Å². The molecule has 6 nitrogen and oxygen atoms in total. The first kappa shape index (κ1) is 9.57. The predicted molar refractivity (Wildman–Crippen MR) is 50.0 cm³/mol. The lowest BCUT2D eigenvalue weighted by molar-refractivity contribution is 0.0531. The van der Waals surface area contributed by atoms with E-state index < -0.39 is 0 Å². The molecule has 2 heterocycles. The lowest BCUT2D eigenvalue weighted by Crippen LogP contribution is -2.36.